The molecule has 0 saturated carbocycles. The summed E-state index contributed by atoms with van der Waals surface area (Å²) in [6.45, 7) is 3.22. The molecule has 4 nitrogen and oxygen atoms in total. The van der Waals surface area contributed by atoms with Crippen LogP contribution in [0.3, 0.4) is 0 Å². The van der Waals surface area contributed by atoms with Gasteiger partial charge in [-0.05, 0) is 30.4 Å². The molecule has 0 aliphatic carbocycles. The summed E-state index contributed by atoms with van der Waals surface area (Å²) in [6, 6.07) is 8.11. The minimum atomic E-state index is -0.743. The molecule has 1 N–H and O–H groups in total. The van der Waals surface area contributed by atoms with E-state index in [1.165, 1.54) is 5.56 Å². The maximum Gasteiger partial charge on any atom is 0.306 e. The van der Waals surface area contributed by atoms with Gasteiger partial charge >= 0.3 is 5.97 Å². The number of hydrogen-bond donors (Lipinski definition) is 1. The highest BCUT2D eigenvalue weighted by molar-refractivity contribution is 5.79. The first-order valence-electron chi connectivity index (χ1n) is 7.18. The Labute approximate surface area is 119 Å². The van der Waals surface area contributed by atoms with Crippen molar-refractivity contribution in [2.45, 2.75) is 32.6 Å². The molecule has 1 amide bonds. The Bertz CT molecular complexity index is 473. The molecular weight excluding hydrogens is 254 g/mol. The van der Waals surface area contributed by atoms with Gasteiger partial charge in [-0.3, -0.25) is 9.59 Å². The highest BCUT2D eigenvalue weighted by atomic mass is 16.4. The number of amides is 1. The van der Waals surface area contributed by atoms with Crippen LogP contribution < -0.4 is 0 Å². The van der Waals surface area contributed by atoms with Crippen molar-refractivity contribution < 1.29 is 14.7 Å². The maximum absolute atomic E-state index is 12.2. The van der Waals surface area contributed by atoms with Gasteiger partial charge in [0.15, 0.2) is 0 Å². The van der Waals surface area contributed by atoms with Gasteiger partial charge in [-0.1, -0.05) is 31.2 Å². The van der Waals surface area contributed by atoms with Crippen molar-refractivity contribution in [2.24, 2.45) is 5.92 Å². The van der Waals surface area contributed by atoms with Crippen molar-refractivity contribution in [1.29, 1.82) is 0 Å². The number of nitrogens with zero attached hydrogens (tertiary/aromatic N) is 1. The van der Waals surface area contributed by atoms with Crippen molar-refractivity contribution >= 4 is 11.9 Å². The van der Waals surface area contributed by atoms with Gasteiger partial charge in [0.1, 0.15) is 0 Å². The number of carbonyl (C=O) groups excluding carboxylic acids is 1. The lowest BCUT2D eigenvalue weighted by atomic mass is 9.96. The van der Waals surface area contributed by atoms with Gasteiger partial charge in [0, 0.05) is 13.1 Å². The highest BCUT2D eigenvalue weighted by Gasteiger charge is 2.26. The summed E-state index contributed by atoms with van der Waals surface area (Å²) < 4.78 is 0. The molecule has 4 heteroatoms. The molecule has 0 spiro atoms. The number of piperidine rings is 1. The van der Waals surface area contributed by atoms with Crippen molar-refractivity contribution in [2.75, 3.05) is 13.1 Å². The first-order valence-corrected chi connectivity index (χ1v) is 7.18. The third-order valence-electron chi connectivity index (χ3n) is 3.98. The van der Waals surface area contributed by atoms with Gasteiger partial charge < -0.3 is 10.0 Å². The Hall–Kier alpha value is -1.84. The van der Waals surface area contributed by atoms with E-state index in [1.54, 1.807) is 4.90 Å². The molecule has 0 atom stereocenters. The molecule has 1 aliphatic rings. The van der Waals surface area contributed by atoms with E-state index in [4.69, 9.17) is 5.11 Å². The lowest BCUT2D eigenvalue weighted by molar-refractivity contribution is -0.145. The molecule has 0 aromatic heterocycles. The van der Waals surface area contributed by atoms with Crippen molar-refractivity contribution in [3.8, 4) is 0 Å². The van der Waals surface area contributed by atoms with E-state index in [9.17, 15) is 9.59 Å². The molecule has 1 aromatic carbocycles. The second-order valence-corrected chi connectivity index (χ2v) is 5.34. The number of hydrogen-bond acceptors (Lipinski definition) is 2. The second kappa shape index (κ2) is 6.55. The average Bonchev–Trinajstić information content (AvgIpc) is 2.48. The van der Waals surface area contributed by atoms with Gasteiger partial charge in [-0.25, -0.2) is 0 Å². The molecule has 1 fully saturated rings. The van der Waals surface area contributed by atoms with E-state index in [1.807, 2.05) is 12.1 Å². The van der Waals surface area contributed by atoms with Crippen LogP contribution in [0.25, 0.3) is 0 Å². The number of rotatable bonds is 4. The SMILES string of the molecule is CCc1ccc(CC(=O)N2CCC(C(=O)O)CC2)cc1. The monoisotopic (exact) mass is 275 g/mol. The van der Waals surface area contributed by atoms with Crippen LogP contribution in [-0.2, 0) is 22.4 Å². The Morgan fingerprint density at radius 1 is 1.15 bits per heavy atom. The minimum Gasteiger partial charge on any atom is -0.481 e. The maximum atomic E-state index is 12.2. The Morgan fingerprint density at radius 3 is 2.20 bits per heavy atom. The van der Waals surface area contributed by atoms with Gasteiger partial charge in [0.2, 0.25) is 5.91 Å². The highest BCUT2D eigenvalue weighted by Crippen LogP contribution is 2.18. The van der Waals surface area contributed by atoms with Crippen LogP contribution in [0.5, 0.6) is 0 Å². The number of carboxylic acid groups (broad SMARTS) is 1. The predicted octanol–water partition coefficient (Wildman–Crippen LogP) is 2.11. The van der Waals surface area contributed by atoms with E-state index in [0.717, 1.165) is 12.0 Å². The van der Waals surface area contributed by atoms with E-state index in [-0.39, 0.29) is 11.8 Å². The standard InChI is InChI=1S/C16H21NO3/c1-2-12-3-5-13(6-4-12)11-15(18)17-9-7-14(8-10-17)16(19)20/h3-6,14H,2,7-11H2,1H3,(H,19,20). The van der Waals surface area contributed by atoms with Gasteiger partial charge in [-0.2, -0.15) is 0 Å². The Kier molecular flexibility index (Phi) is 4.77. The predicted molar refractivity (Wildman–Crippen MR) is 76.5 cm³/mol. The van der Waals surface area contributed by atoms with E-state index >= 15 is 0 Å². The summed E-state index contributed by atoms with van der Waals surface area (Å²) in [5.41, 5.74) is 2.29. The summed E-state index contributed by atoms with van der Waals surface area (Å²) >= 11 is 0. The average molecular weight is 275 g/mol. The number of aryl methyl sites for hydroxylation is 1. The largest absolute Gasteiger partial charge is 0.481 e. The van der Waals surface area contributed by atoms with Crippen LogP contribution in [0.1, 0.15) is 30.9 Å². The number of aliphatic carboxylic acids is 1. The van der Waals surface area contributed by atoms with Crippen LogP contribution in [0, 0.1) is 5.92 Å². The van der Waals surface area contributed by atoms with Crippen LogP contribution in [0.4, 0.5) is 0 Å². The second-order valence-electron chi connectivity index (χ2n) is 5.34. The lowest BCUT2D eigenvalue weighted by Crippen LogP contribution is -2.40. The molecule has 0 radical (unpaired) electrons. The molecule has 1 aromatic rings. The van der Waals surface area contributed by atoms with Gasteiger partial charge in [0.25, 0.3) is 0 Å². The summed E-state index contributed by atoms with van der Waals surface area (Å²) in [7, 11) is 0. The Morgan fingerprint density at radius 2 is 1.70 bits per heavy atom. The third-order valence-corrected chi connectivity index (χ3v) is 3.98. The first kappa shape index (κ1) is 14.6. The topological polar surface area (TPSA) is 57.6 Å². The molecule has 1 heterocycles. The van der Waals surface area contributed by atoms with E-state index in [2.05, 4.69) is 19.1 Å². The van der Waals surface area contributed by atoms with Crippen molar-refractivity contribution in [3.05, 3.63) is 35.4 Å². The summed E-state index contributed by atoms with van der Waals surface area (Å²) in [5.74, 6) is -0.937. The molecule has 0 unspecified atom stereocenters. The molecular formula is C16H21NO3. The van der Waals surface area contributed by atoms with Crippen LogP contribution in [-0.4, -0.2) is 35.0 Å². The fourth-order valence-corrected chi connectivity index (χ4v) is 2.56. The van der Waals surface area contributed by atoms with Gasteiger partial charge in [0.05, 0.1) is 12.3 Å². The summed E-state index contributed by atoms with van der Waals surface area (Å²) in [5, 5.41) is 8.94. The Balaban J connectivity index is 1.87. The molecule has 108 valence electrons. The zero-order chi connectivity index (χ0) is 14.5. The number of likely N-dealkylation sites (tertiary alicyclic amines) is 1. The normalized spacial score (nSPS) is 16.1. The fraction of sp³-hybridized carbons (Fsp3) is 0.500. The molecule has 0 bridgehead atoms. The fourth-order valence-electron chi connectivity index (χ4n) is 2.56. The zero-order valence-corrected chi connectivity index (χ0v) is 11.8. The van der Waals surface area contributed by atoms with Crippen molar-refractivity contribution in [1.82, 2.24) is 4.90 Å². The van der Waals surface area contributed by atoms with Crippen LogP contribution in [0.15, 0.2) is 24.3 Å². The molecule has 20 heavy (non-hydrogen) atoms. The third kappa shape index (κ3) is 3.59. The number of carbonyl (C=O) groups is 2. The quantitative estimate of drug-likeness (QED) is 0.915. The van der Waals surface area contributed by atoms with Crippen molar-refractivity contribution in [3.63, 3.8) is 0 Å². The number of carboxylic acids is 1. The molecule has 2 rings (SSSR count). The van der Waals surface area contributed by atoms with E-state index < -0.39 is 5.97 Å². The number of benzene rings is 1. The molecule has 1 saturated heterocycles. The minimum absolute atomic E-state index is 0.0955. The zero-order valence-electron chi connectivity index (χ0n) is 11.8. The van der Waals surface area contributed by atoms with E-state index in [0.29, 0.717) is 32.4 Å². The summed E-state index contributed by atoms with van der Waals surface area (Å²) in [4.78, 5) is 24.8. The summed E-state index contributed by atoms with van der Waals surface area (Å²) in [6.07, 6.45) is 2.53. The van der Waals surface area contributed by atoms with Crippen LogP contribution in [0.2, 0.25) is 0 Å². The lowest BCUT2D eigenvalue weighted by Gasteiger charge is -2.30. The van der Waals surface area contributed by atoms with Gasteiger partial charge in [-0.15, -0.1) is 0 Å². The molecule has 1 aliphatic heterocycles. The van der Waals surface area contributed by atoms with Crippen LogP contribution >= 0.6 is 0 Å². The smallest absolute Gasteiger partial charge is 0.306 e. The first-order chi connectivity index (χ1) is 9.60.